The summed E-state index contributed by atoms with van der Waals surface area (Å²) in [5.41, 5.74) is 2.37. The van der Waals surface area contributed by atoms with Crippen LogP contribution in [-0.4, -0.2) is 47.1 Å². The van der Waals surface area contributed by atoms with E-state index in [1.165, 1.54) is 15.4 Å². The molecule has 1 aromatic carbocycles. The predicted molar refractivity (Wildman–Crippen MR) is 122 cm³/mol. The van der Waals surface area contributed by atoms with Gasteiger partial charge in [-0.3, -0.25) is 4.79 Å². The molecule has 5 atom stereocenters. The number of hydrogen-bond donors (Lipinski definition) is 3. The van der Waals surface area contributed by atoms with Gasteiger partial charge in [0.1, 0.15) is 30.6 Å². The van der Waals surface area contributed by atoms with Crippen molar-refractivity contribution in [1.29, 1.82) is 0 Å². The molecule has 33 heavy (non-hydrogen) atoms. The molecule has 3 aliphatic heterocycles. The lowest BCUT2D eigenvalue weighted by Gasteiger charge is -2.46. The molecule has 3 N–H and O–H groups in total. The fraction of sp³-hybridized carbons (Fsp3) is 0.480. The van der Waals surface area contributed by atoms with Gasteiger partial charge in [0.25, 0.3) is 0 Å². The maximum atomic E-state index is 12.8. The van der Waals surface area contributed by atoms with Crippen molar-refractivity contribution in [3.63, 3.8) is 0 Å². The molecule has 5 heterocycles. The molecule has 1 amide bonds. The summed E-state index contributed by atoms with van der Waals surface area (Å²) in [6.07, 6.45) is 5.94. The monoisotopic (exact) mass is 450 g/mol. The fourth-order valence-corrected chi connectivity index (χ4v) is 5.59. The summed E-state index contributed by atoms with van der Waals surface area (Å²) in [5, 5.41) is 11.9. The van der Waals surface area contributed by atoms with Crippen molar-refractivity contribution >= 4 is 5.91 Å². The highest BCUT2D eigenvalue weighted by Crippen LogP contribution is 2.27. The molecule has 0 radical (unpaired) electrons. The largest absolute Gasteiger partial charge is 0.467 e. The highest BCUT2D eigenvalue weighted by molar-refractivity contribution is 5.79. The van der Waals surface area contributed by atoms with Crippen molar-refractivity contribution in [1.82, 2.24) is 20.3 Å². The summed E-state index contributed by atoms with van der Waals surface area (Å²) in [6, 6.07) is 14.8. The third-order valence-corrected chi connectivity index (χ3v) is 7.23. The zero-order chi connectivity index (χ0) is 22.6. The number of quaternary nitrogens is 2. The first-order valence-electron chi connectivity index (χ1n) is 12.0. The van der Waals surface area contributed by atoms with Crippen molar-refractivity contribution in [2.75, 3.05) is 20.1 Å². The Balaban J connectivity index is 1.12. The summed E-state index contributed by atoms with van der Waals surface area (Å²) in [6.45, 7) is 5.22. The summed E-state index contributed by atoms with van der Waals surface area (Å²) < 4.78 is 7.34. The zero-order valence-electron chi connectivity index (χ0n) is 19.2. The minimum absolute atomic E-state index is 0.0986. The maximum absolute atomic E-state index is 12.8. The van der Waals surface area contributed by atoms with E-state index in [0.29, 0.717) is 18.5 Å². The molecule has 0 spiro atoms. The minimum atomic E-state index is 0.0986. The van der Waals surface area contributed by atoms with Crippen LogP contribution in [0.15, 0.2) is 59.3 Å². The van der Waals surface area contributed by atoms with Gasteiger partial charge in [-0.05, 0) is 18.1 Å². The second-order valence-electron chi connectivity index (χ2n) is 9.73. The number of furan rings is 1. The standard InChI is InChI=1S/C25H32N6O2/c1-29(14-19-6-3-2-4-7-19)15-21-16-31(28-27-21)17-22-12-20-9-10-30(22)18-24(20)25(32)26-13-23-8-5-11-33-23/h2-8,11,16,20,22,24H,9-10,12-15,17-18H2,1H3,(H,26,32)/p+2/t20-,22+,24-/m0/s1. The molecule has 8 nitrogen and oxygen atoms in total. The molecule has 0 aliphatic carbocycles. The van der Waals surface area contributed by atoms with E-state index < -0.39 is 0 Å². The molecule has 174 valence electrons. The lowest BCUT2D eigenvalue weighted by molar-refractivity contribution is -0.945. The van der Waals surface area contributed by atoms with Gasteiger partial charge in [-0.1, -0.05) is 35.5 Å². The first-order chi connectivity index (χ1) is 16.1. The van der Waals surface area contributed by atoms with Gasteiger partial charge in [0.05, 0.1) is 51.6 Å². The van der Waals surface area contributed by atoms with E-state index in [-0.39, 0.29) is 11.8 Å². The molecule has 2 unspecified atom stereocenters. The van der Waals surface area contributed by atoms with Crippen molar-refractivity contribution in [3.8, 4) is 0 Å². The number of aromatic nitrogens is 3. The van der Waals surface area contributed by atoms with Gasteiger partial charge in [0, 0.05) is 18.4 Å². The lowest BCUT2D eigenvalue weighted by atomic mass is 9.75. The second kappa shape index (κ2) is 9.89. The maximum Gasteiger partial charge on any atom is 0.229 e. The van der Waals surface area contributed by atoms with E-state index in [0.717, 1.165) is 57.0 Å². The third kappa shape index (κ3) is 5.34. The number of nitrogens with zero attached hydrogens (tertiary/aromatic N) is 3. The SMILES string of the molecule is C[NH+](Cc1ccccc1)Cc1cn(C[C@H]2C[C@@H]3CC[NH+]2C[C@@H]3C(=O)NCc2ccco2)nn1. The van der Waals surface area contributed by atoms with Crippen LogP contribution in [0.2, 0.25) is 0 Å². The van der Waals surface area contributed by atoms with E-state index in [1.54, 1.807) is 6.26 Å². The summed E-state index contributed by atoms with van der Waals surface area (Å²) in [5.74, 6) is 1.52. The molecule has 8 heteroatoms. The lowest BCUT2D eigenvalue weighted by Crippen LogP contribution is -3.20. The number of amides is 1. The Labute approximate surface area is 194 Å². The van der Waals surface area contributed by atoms with Gasteiger partial charge in [-0.25, -0.2) is 4.68 Å². The Bertz CT molecular complexity index is 1030. The number of carbonyl (C=O) groups is 1. The van der Waals surface area contributed by atoms with Gasteiger partial charge >= 0.3 is 0 Å². The number of fused-ring (bicyclic) bond motifs is 3. The van der Waals surface area contributed by atoms with Crippen LogP contribution in [0.25, 0.3) is 0 Å². The molecule has 2 bridgehead atoms. The highest BCUT2D eigenvalue weighted by atomic mass is 16.3. The molecule has 3 aromatic rings. The fourth-order valence-electron chi connectivity index (χ4n) is 5.59. The van der Waals surface area contributed by atoms with Gasteiger partial charge in [-0.15, -0.1) is 5.10 Å². The van der Waals surface area contributed by atoms with Crippen LogP contribution in [-0.2, 0) is 31.0 Å². The van der Waals surface area contributed by atoms with E-state index in [4.69, 9.17) is 4.42 Å². The highest BCUT2D eigenvalue weighted by Gasteiger charge is 2.46. The Morgan fingerprint density at radius 1 is 1.24 bits per heavy atom. The first-order valence-corrected chi connectivity index (χ1v) is 12.0. The molecular weight excluding hydrogens is 416 g/mol. The van der Waals surface area contributed by atoms with Crippen LogP contribution in [0.3, 0.4) is 0 Å². The number of carbonyl (C=O) groups excluding carboxylic acids is 1. The normalized spacial score (nSPS) is 25.1. The molecule has 3 fully saturated rings. The second-order valence-corrected chi connectivity index (χ2v) is 9.73. The Kier molecular flexibility index (Phi) is 6.55. The van der Waals surface area contributed by atoms with Crippen LogP contribution in [0, 0.1) is 11.8 Å². The minimum Gasteiger partial charge on any atom is -0.467 e. The van der Waals surface area contributed by atoms with E-state index >= 15 is 0 Å². The van der Waals surface area contributed by atoms with Crippen LogP contribution in [0.5, 0.6) is 0 Å². The van der Waals surface area contributed by atoms with Crippen LogP contribution in [0.1, 0.15) is 29.9 Å². The summed E-state index contributed by atoms with van der Waals surface area (Å²) >= 11 is 0. The van der Waals surface area contributed by atoms with E-state index in [9.17, 15) is 4.79 Å². The number of rotatable bonds is 9. The van der Waals surface area contributed by atoms with E-state index in [2.05, 4.69) is 59.2 Å². The van der Waals surface area contributed by atoms with Crippen molar-refractivity contribution in [3.05, 3.63) is 71.9 Å². The third-order valence-electron chi connectivity index (χ3n) is 7.23. The average molecular weight is 451 g/mol. The molecular formula is C25H34N6O2+2. The molecule has 3 aliphatic rings. The molecule has 6 rings (SSSR count). The van der Waals surface area contributed by atoms with Crippen molar-refractivity contribution in [2.45, 2.75) is 45.1 Å². The zero-order valence-corrected chi connectivity index (χ0v) is 19.2. The van der Waals surface area contributed by atoms with Gasteiger partial charge < -0.3 is 19.5 Å². The number of nitrogens with one attached hydrogen (secondary N) is 3. The number of piperidine rings is 3. The molecule has 3 saturated heterocycles. The van der Waals surface area contributed by atoms with Gasteiger partial charge in [-0.2, -0.15) is 0 Å². The van der Waals surface area contributed by atoms with Crippen molar-refractivity contribution in [2.24, 2.45) is 11.8 Å². The average Bonchev–Trinajstić information content (AvgIpc) is 3.51. The smallest absolute Gasteiger partial charge is 0.229 e. The Hall–Kier alpha value is -2.97. The Morgan fingerprint density at radius 3 is 2.88 bits per heavy atom. The Morgan fingerprint density at radius 2 is 2.12 bits per heavy atom. The first kappa shape index (κ1) is 21.9. The van der Waals surface area contributed by atoms with Gasteiger partial charge in [0.15, 0.2) is 0 Å². The summed E-state index contributed by atoms with van der Waals surface area (Å²) in [7, 11) is 2.19. The summed E-state index contributed by atoms with van der Waals surface area (Å²) in [4.78, 5) is 15.7. The van der Waals surface area contributed by atoms with Crippen LogP contribution in [0.4, 0.5) is 0 Å². The number of hydrogen-bond acceptors (Lipinski definition) is 4. The van der Waals surface area contributed by atoms with Crippen LogP contribution >= 0.6 is 0 Å². The predicted octanol–water partition coefficient (Wildman–Crippen LogP) is -0.304. The van der Waals surface area contributed by atoms with Crippen molar-refractivity contribution < 1.29 is 19.0 Å². The topological polar surface area (TPSA) is 81.8 Å². The molecule has 2 aromatic heterocycles. The van der Waals surface area contributed by atoms with Crippen LogP contribution < -0.4 is 15.1 Å². The number of benzene rings is 1. The van der Waals surface area contributed by atoms with E-state index in [1.807, 2.05) is 16.8 Å². The quantitative estimate of drug-likeness (QED) is 0.418. The van der Waals surface area contributed by atoms with Gasteiger partial charge in [0.2, 0.25) is 5.91 Å². The molecule has 0 saturated carbocycles.